The monoisotopic (exact) mass is 734 g/mol. The van der Waals surface area contributed by atoms with E-state index in [9.17, 15) is 19.4 Å². The third-order valence-corrected chi connectivity index (χ3v) is 10.8. The molecule has 0 aromatic heterocycles. The third kappa shape index (κ3) is 35.9. The van der Waals surface area contributed by atoms with Crippen molar-refractivity contribution in [1.82, 2.24) is 5.32 Å². The van der Waals surface area contributed by atoms with Crippen molar-refractivity contribution in [2.45, 2.75) is 219 Å². The van der Waals surface area contributed by atoms with Crippen molar-refractivity contribution in [3.63, 3.8) is 0 Å². The number of aliphatic hydroxyl groups is 1. The molecule has 0 aromatic rings. The fourth-order valence-electron chi connectivity index (χ4n) is 6.40. The number of likely N-dealkylation sites (N-methyl/N-ethyl adjacent to an activating group) is 1. The molecule has 9 heteroatoms. The van der Waals surface area contributed by atoms with Crippen LogP contribution in [0.5, 0.6) is 0 Å². The van der Waals surface area contributed by atoms with Gasteiger partial charge in [-0.1, -0.05) is 187 Å². The van der Waals surface area contributed by atoms with Crippen LogP contribution < -0.4 is 5.32 Å². The number of quaternary nitrogens is 1. The highest BCUT2D eigenvalue weighted by Gasteiger charge is 2.28. The van der Waals surface area contributed by atoms with Gasteiger partial charge < -0.3 is 19.8 Å². The lowest BCUT2D eigenvalue weighted by Gasteiger charge is -2.26. The zero-order valence-electron chi connectivity index (χ0n) is 33.9. The normalized spacial score (nSPS) is 14.5. The summed E-state index contributed by atoms with van der Waals surface area (Å²) in [5.74, 6) is -0.147. The Kier molecular flexibility index (Phi) is 33.9. The first-order valence-corrected chi connectivity index (χ1v) is 22.9. The maximum atomic E-state index is 12.8. The van der Waals surface area contributed by atoms with E-state index in [1.807, 2.05) is 21.1 Å². The molecule has 0 heterocycles. The molecular formula is C41H86N2O6P+. The highest BCUT2D eigenvalue weighted by atomic mass is 31.2. The van der Waals surface area contributed by atoms with Gasteiger partial charge in [0, 0.05) is 6.42 Å². The molecule has 0 radical (unpaired) electrons. The first-order valence-electron chi connectivity index (χ1n) is 21.4. The van der Waals surface area contributed by atoms with Crippen molar-refractivity contribution in [2.24, 2.45) is 0 Å². The third-order valence-electron chi connectivity index (χ3n) is 9.86. The van der Waals surface area contributed by atoms with Gasteiger partial charge in [-0.15, -0.1) is 0 Å². The molecule has 0 saturated heterocycles. The topological polar surface area (TPSA) is 105 Å². The minimum absolute atomic E-state index is 0.0781. The maximum absolute atomic E-state index is 12.8. The van der Waals surface area contributed by atoms with E-state index in [2.05, 4.69) is 19.2 Å². The summed E-state index contributed by atoms with van der Waals surface area (Å²) in [5, 5.41) is 13.9. The van der Waals surface area contributed by atoms with Crippen LogP contribution in [0.4, 0.5) is 0 Å². The number of hydrogen-bond acceptors (Lipinski definition) is 5. The maximum Gasteiger partial charge on any atom is 0.472 e. The van der Waals surface area contributed by atoms with Gasteiger partial charge in [-0.05, 0) is 12.8 Å². The van der Waals surface area contributed by atoms with Gasteiger partial charge in [0.25, 0.3) is 0 Å². The van der Waals surface area contributed by atoms with Gasteiger partial charge in [-0.25, -0.2) is 4.57 Å². The van der Waals surface area contributed by atoms with Crippen molar-refractivity contribution < 1.29 is 32.9 Å². The lowest BCUT2D eigenvalue weighted by atomic mass is 10.0. The van der Waals surface area contributed by atoms with Crippen LogP contribution in [0.15, 0.2) is 0 Å². The van der Waals surface area contributed by atoms with E-state index in [1.54, 1.807) is 0 Å². The summed E-state index contributed by atoms with van der Waals surface area (Å²) in [4.78, 5) is 23.0. The number of phosphoric acid groups is 1. The van der Waals surface area contributed by atoms with Gasteiger partial charge in [0.15, 0.2) is 0 Å². The van der Waals surface area contributed by atoms with E-state index in [0.717, 1.165) is 38.5 Å². The van der Waals surface area contributed by atoms with E-state index in [-0.39, 0.29) is 19.1 Å². The highest BCUT2D eigenvalue weighted by molar-refractivity contribution is 7.47. The minimum atomic E-state index is -4.30. The van der Waals surface area contributed by atoms with E-state index >= 15 is 0 Å². The van der Waals surface area contributed by atoms with Gasteiger partial charge in [0.05, 0.1) is 39.9 Å². The fourth-order valence-corrected chi connectivity index (χ4v) is 7.13. The van der Waals surface area contributed by atoms with E-state index in [4.69, 9.17) is 9.05 Å². The Hall–Kier alpha value is -0.500. The number of unbranched alkanes of at least 4 members (excludes halogenated alkanes) is 26. The molecular weight excluding hydrogens is 647 g/mol. The molecule has 0 fully saturated rings. The Morgan fingerprint density at radius 1 is 0.600 bits per heavy atom. The second kappa shape index (κ2) is 34.3. The van der Waals surface area contributed by atoms with E-state index < -0.39 is 20.0 Å². The predicted molar refractivity (Wildman–Crippen MR) is 212 cm³/mol. The van der Waals surface area contributed by atoms with Crippen LogP contribution in [0.2, 0.25) is 0 Å². The van der Waals surface area contributed by atoms with Crippen molar-refractivity contribution >= 4 is 13.7 Å². The zero-order chi connectivity index (χ0) is 37.2. The summed E-state index contributed by atoms with van der Waals surface area (Å²) in [6.45, 7) is 4.87. The van der Waals surface area contributed by atoms with E-state index in [1.165, 1.54) is 141 Å². The fraction of sp³-hybridized carbons (Fsp3) is 0.976. The summed E-state index contributed by atoms with van der Waals surface area (Å²) >= 11 is 0. The van der Waals surface area contributed by atoms with Crippen molar-refractivity contribution in [2.75, 3.05) is 40.9 Å². The summed E-state index contributed by atoms with van der Waals surface area (Å²) in [6, 6.07) is -0.751. The molecule has 0 aliphatic rings. The smallest absolute Gasteiger partial charge is 0.391 e. The number of phosphoric ester groups is 1. The number of rotatable bonds is 39. The van der Waals surface area contributed by atoms with Gasteiger partial charge in [-0.3, -0.25) is 13.8 Å². The van der Waals surface area contributed by atoms with Crippen LogP contribution >= 0.6 is 7.82 Å². The highest BCUT2D eigenvalue weighted by Crippen LogP contribution is 2.43. The lowest BCUT2D eigenvalue weighted by Crippen LogP contribution is -2.46. The largest absolute Gasteiger partial charge is 0.472 e. The standard InChI is InChI=1S/C41H85N2O6P/c1-6-8-10-12-14-16-17-18-19-20-21-22-23-24-25-26-27-28-30-32-34-40(44)39(38-49-50(46,47)48-37-36-43(3,4)5)42-41(45)35-33-31-29-15-13-11-9-7-2/h39-40,44H,6-38H2,1-5H3,(H-,42,45,46,47)/p+1. The average Bonchev–Trinajstić information content (AvgIpc) is 3.06. The number of amides is 1. The Morgan fingerprint density at radius 3 is 1.34 bits per heavy atom. The number of carbonyl (C=O) groups excluding carboxylic acids is 1. The second-order valence-electron chi connectivity index (χ2n) is 16.1. The molecule has 0 rings (SSSR count). The molecule has 8 nitrogen and oxygen atoms in total. The summed E-state index contributed by atoms with van der Waals surface area (Å²) in [6.07, 6.45) is 35.7. The zero-order valence-corrected chi connectivity index (χ0v) is 34.8. The van der Waals surface area contributed by atoms with Crippen LogP contribution in [0.25, 0.3) is 0 Å². The average molecular weight is 734 g/mol. The van der Waals surface area contributed by atoms with Crippen molar-refractivity contribution in [1.29, 1.82) is 0 Å². The molecule has 300 valence electrons. The number of nitrogens with one attached hydrogen (secondary N) is 1. The van der Waals surface area contributed by atoms with Crippen LogP contribution in [-0.2, 0) is 18.4 Å². The van der Waals surface area contributed by atoms with Gasteiger partial charge >= 0.3 is 7.82 Å². The van der Waals surface area contributed by atoms with Crippen LogP contribution in [0.1, 0.15) is 206 Å². The van der Waals surface area contributed by atoms with Gasteiger partial charge in [-0.2, -0.15) is 0 Å². The lowest BCUT2D eigenvalue weighted by molar-refractivity contribution is -0.870. The summed E-state index contributed by atoms with van der Waals surface area (Å²) < 4.78 is 23.5. The summed E-state index contributed by atoms with van der Waals surface area (Å²) in [5.41, 5.74) is 0. The predicted octanol–water partition coefficient (Wildman–Crippen LogP) is 11.4. The molecule has 3 atom stereocenters. The number of carbonyl (C=O) groups is 1. The molecule has 3 N–H and O–H groups in total. The molecule has 0 bridgehead atoms. The minimum Gasteiger partial charge on any atom is -0.391 e. The molecule has 0 saturated carbocycles. The Morgan fingerprint density at radius 2 is 0.960 bits per heavy atom. The molecule has 0 aromatic carbocycles. The molecule has 0 aliphatic carbocycles. The first-order chi connectivity index (χ1) is 24.0. The SMILES string of the molecule is CCCCCCCCCCCCCCCCCCCCCCC(O)C(COP(=O)(O)OCC[N+](C)(C)C)NC(=O)CCCCCCCCCC. The van der Waals surface area contributed by atoms with Crippen LogP contribution in [0.3, 0.4) is 0 Å². The number of aliphatic hydroxyl groups excluding tert-OH is 1. The van der Waals surface area contributed by atoms with Crippen LogP contribution in [0, 0.1) is 0 Å². The first kappa shape index (κ1) is 49.5. The van der Waals surface area contributed by atoms with Crippen LogP contribution in [-0.4, -0.2) is 73.4 Å². The molecule has 3 unspecified atom stereocenters. The van der Waals surface area contributed by atoms with Gasteiger partial charge in [0.1, 0.15) is 13.2 Å². The number of nitrogens with zero attached hydrogens (tertiary/aromatic N) is 1. The van der Waals surface area contributed by atoms with E-state index in [0.29, 0.717) is 23.9 Å². The van der Waals surface area contributed by atoms with Crippen molar-refractivity contribution in [3.8, 4) is 0 Å². The molecule has 50 heavy (non-hydrogen) atoms. The molecule has 1 amide bonds. The summed E-state index contributed by atoms with van der Waals surface area (Å²) in [7, 11) is 1.62. The van der Waals surface area contributed by atoms with Gasteiger partial charge in [0.2, 0.25) is 5.91 Å². The van der Waals surface area contributed by atoms with Crippen molar-refractivity contribution in [3.05, 3.63) is 0 Å². The molecule has 0 aliphatic heterocycles. The Balaban J connectivity index is 4.22. The number of hydrogen-bond donors (Lipinski definition) is 3. The molecule has 0 spiro atoms. The Bertz CT molecular complexity index is 794. The quantitative estimate of drug-likeness (QED) is 0.0330. The second-order valence-corrected chi connectivity index (χ2v) is 17.5. The Labute approximate surface area is 310 Å².